The quantitative estimate of drug-likeness (QED) is 0.512. The van der Waals surface area contributed by atoms with Gasteiger partial charge in [0.15, 0.2) is 16.3 Å². The van der Waals surface area contributed by atoms with Crippen molar-refractivity contribution < 1.29 is 14.3 Å². The second kappa shape index (κ2) is 6.89. The number of fused-ring (bicyclic) bond motifs is 2. The molecule has 3 heterocycles. The van der Waals surface area contributed by atoms with Crippen molar-refractivity contribution in [3.63, 3.8) is 0 Å². The molecule has 0 spiro atoms. The van der Waals surface area contributed by atoms with Gasteiger partial charge in [0.1, 0.15) is 13.2 Å². The molecule has 0 atom stereocenters. The number of aryl methyl sites for hydroxylation is 1. The van der Waals surface area contributed by atoms with Crippen LogP contribution in [0.4, 0.5) is 0 Å². The number of ether oxygens (including phenoxy) is 2. The highest BCUT2D eigenvalue weighted by atomic mass is 32.1. The lowest BCUT2D eigenvalue weighted by Crippen LogP contribution is -2.16. The van der Waals surface area contributed by atoms with Gasteiger partial charge in [0.2, 0.25) is 0 Å². The first-order valence-electron chi connectivity index (χ1n) is 9.20. The van der Waals surface area contributed by atoms with Crippen LogP contribution in [0.15, 0.2) is 53.7 Å². The summed E-state index contributed by atoms with van der Waals surface area (Å²) in [6, 6.07) is 13.6. The van der Waals surface area contributed by atoms with E-state index in [1.807, 2.05) is 61.0 Å². The fourth-order valence-electron chi connectivity index (χ4n) is 3.37. The molecule has 2 aromatic carbocycles. The minimum Gasteiger partial charge on any atom is -0.486 e. The molecular weight excluding hydrogens is 388 g/mol. The third-order valence-corrected chi connectivity index (χ3v) is 6.01. The Bertz CT molecular complexity index is 1300. The van der Waals surface area contributed by atoms with E-state index in [0.29, 0.717) is 23.6 Å². The third kappa shape index (κ3) is 3.01. The van der Waals surface area contributed by atoms with Crippen LogP contribution in [-0.4, -0.2) is 33.5 Å². The summed E-state index contributed by atoms with van der Waals surface area (Å²) in [7, 11) is 1.89. The van der Waals surface area contributed by atoms with Crippen LogP contribution in [0.5, 0.6) is 11.5 Å². The van der Waals surface area contributed by atoms with Crippen LogP contribution < -0.4 is 14.3 Å². The van der Waals surface area contributed by atoms with E-state index < -0.39 is 0 Å². The van der Waals surface area contributed by atoms with Crippen molar-refractivity contribution in [1.29, 1.82) is 0 Å². The summed E-state index contributed by atoms with van der Waals surface area (Å²) in [5.41, 5.74) is 3.09. The molecule has 1 aliphatic rings. The first kappa shape index (κ1) is 17.7. The number of aromatic nitrogens is 3. The Balaban J connectivity index is 1.55. The fraction of sp³-hybridized carbons (Fsp3) is 0.190. The first-order chi connectivity index (χ1) is 14.1. The molecule has 29 heavy (non-hydrogen) atoms. The molecule has 0 saturated heterocycles. The van der Waals surface area contributed by atoms with E-state index in [0.717, 1.165) is 33.1 Å². The number of hydrogen-bond acceptors (Lipinski definition) is 5. The zero-order valence-corrected chi connectivity index (χ0v) is 16.8. The number of carbonyl (C=O) groups is 1. The van der Waals surface area contributed by atoms with Crippen molar-refractivity contribution in [1.82, 2.24) is 14.3 Å². The third-order valence-electron chi connectivity index (χ3n) is 4.91. The van der Waals surface area contributed by atoms with Crippen LogP contribution in [0.1, 0.15) is 16.1 Å². The molecule has 0 fully saturated rings. The molecule has 8 heteroatoms. The van der Waals surface area contributed by atoms with E-state index in [9.17, 15) is 4.79 Å². The highest BCUT2D eigenvalue weighted by Gasteiger charge is 2.17. The maximum absolute atomic E-state index is 12.9. The topological polar surface area (TPSA) is 70.6 Å². The van der Waals surface area contributed by atoms with Crippen LogP contribution in [-0.2, 0) is 7.05 Å². The van der Waals surface area contributed by atoms with Gasteiger partial charge < -0.3 is 14.0 Å². The molecule has 0 aliphatic carbocycles. The molecule has 0 N–H and O–H groups in total. The normalized spacial score (nSPS) is 13.8. The fourth-order valence-corrected chi connectivity index (χ4v) is 4.39. The average molecular weight is 406 g/mol. The lowest BCUT2D eigenvalue weighted by atomic mass is 10.2. The SMILES string of the molecule is Cc1c(C(=O)N=c2sc3cc4c(cc3n2C)OCCO4)cnn1-c1ccccc1. The first-order valence-corrected chi connectivity index (χ1v) is 10.0. The van der Waals surface area contributed by atoms with Gasteiger partial charge in [0.25, 0.3) is 5.91 Å². The van der Waals surface area contributed by atoms with Crippen LogP contribution in [0, 0.1) is 6.92 Å². The molecular formula is C21H18N4O3S. The number of benzene rings is 2. The van der Waals surface area contributed by atoms with Crippen molar-refractivity contribution in [3.05, 3.63) is 64.7 Å². The Hall–Kier alpha value is -3.39. The molecule has 5 rings (SSSR count). The van der Waals surface area contributed by atoms with Gasteiger partial charge in [-0.2, -0.15) is 10.1 Å². The van der Waals surface area contributed by atoms with Gasteiger partial charge in [-0.1, -0.05) is 29.5 Å². The van der Waals surface area contributed by atoms with Gasteiger partial charge >= 0.3 is 0 Å². The molecule has 0 radical (unpaired) electrons. The van der Waals surface area contributed by atoms with Gasteiger partial charge in [-0.15, -0.1) is 0 Å². The molecule has 146 valence electrons. The van der Waals surface area contributed by atoms with Gasteiger partial charge in [-0.3, -0.25) is 4.79 Å². The lowest BCUT2D eigenvalue weighted by Gasteiger charge is -2.18. The Morgan fingerprint density at radius 1 is 1.14 bits per heavy atom. The molecule has 1 amide bonds. The Morgan fingerprint density at radius 2 is 1.86 bits per heavy atom. The number of hydrogen-bond donors (Lipinski definition) is 0. The van der Waals surface area contributed by atoms with E-state index in [1.54, 1.807) is 10.9 Å². The lowest BCUT2D eigenvalue weighted by molar-refractivity contribution is 0.0997. The van der Waals surface area contributed by atoms with Crippen LogP contribution >= 0.6 is 11.3 Å². The molecule has 0 unspecified atom stereocenters. The van der Waals surface area contributed by atoms with Crippen molar-refractivity contribution >= 4 is 27.5 Å². The van der Waals surface area contributed by atoms with Crippen LogP contribution in [0.25, 0.3) is 15.9 Å². The van der Waals surface area contributed by atoms with E-state index in [-0.39, 0.29) is 5.91 Å². The summed E-state index contributed by atoms with van der Waals surface area (Å²) < 4.78 is 15.9. The highest BCUT2D eigenvalue weighted by Crippen LogP contribution is 2.35. The van der Waals surface area contributed by atoms with E-state index in [1.165, 1.54) is 11.3 Å². The molecule has 0 saturated carbocycles. The van der Waals surface area contributed by atoms with E-state index in [4.69, 9.17) is 9.47 Å². The summed E-state index contributed by atoms with van der Waals surface area (Å²) in [5.74, 6) is 1.13. The second-order valence-electron chi connectivity index (χ2n) is 6.72. The van der Waals surface area contributed by atoms with Gasteiger partial charge in [-0.05, 0) is 19.1 Å². The zero-order valence-electron chi connectivity index (χ0n) is 16.0. The average Bonchev–Trinajstić information content (AvgIpc) is 3.27. The minimum absolute atomic E-state index is 0.316. The molecule has 1 aliphatic heterocycles. The molecule has 4 aromatic rings. The maximum Gasteiger partial charge on any atom is 0.283 e. The predicted molar refractivity (Wildman–Crippen MR) is 110 cm³/mol. The number of rotatable bonds is 2. The maximum atomic E-state index is 12.9. The summed E-state index contributed by atoms with van der Waals surface area (Å²) in [6.45, 7) is 2.94. The van der Waals surface area contributed by atoms with E-state index in [2.05, 4.69) is 10.1 Å². The van der Waals surface area contributed by atoms with Crippen LogP contribution in [0.3, 0.4) is 0 Å². The smallest absolute Gasteiger partial charge is 0.283 e. The predicted octanol–water partition coefficient (Wildman–Crippen LogP) is 3.25. The van der Waals surface area contributed by atoms with Gasteiger partial charge in [0, 0.05) is 19.2 Å². The van der Waals surface area contributed by atoms with Crippen LogP contribution in [0.2, 0.25) is 0 Å². The molecule has 2 aromatic heterocycles. The summed E-state index contributed by atoms with van der Waals surface area (Å²) in [6.07, 6.45) is 1.57. The standard InChI is InChI=1S/C21H18N4O3S/c1-13-15(12-22-25(13)14-6-4-3-5-7-14)20(26)23-21-24(2)16-10-17-18(11-19(16)29-21)28-9-8-27-17/h3-7,10-12H,8-9H2,1-2H3. The molecule has 7 nitrogen and oxygen atoms in total. The number of para-hydroxylation sites is 1. The van der Waals surface area contributed by atoms with Crippen molar-refractivity contribution in [3.8, 4) is 17.2 Å². The molecule has 0 bridgehead atoms. The largest absolute Gasteiger partial charge is 0.486 e. The highest BCUT2D eigenvalue weighted by molar-refractivity contribution is 7.16. The number of amides is 1. The summed E-state index contributed by atoms with van der Waals surface area (Å²) in [4.78, 5) is 17.9. The number of nitrogens with zero attached hydrogens (tertiary/aromatic N) is 4. The second-order valence-corrected chi connectivity index (χ2v) is 7.72. The number of carbonyl (C=O) groups excluding carboxylic acids is 1. The van der Waals surface area contributed by atoms with Gasteiger partial charge in [0.05, 0.1) is 33.4 Å². The summed E-state index contributed by atoms with van der Waals surface area (Å²) in [5, 5.41) is 4.37. The zero-order chi connectivity index (χ0) is 20.0. The van der Waals surface area contributed by atoms with Crippen molar-refractivity contribution in [2.24, 2.45) is 12.0 Å². The Morgan fingerprint density at radius 3 is 2.62 bits per heavy atom. The Kier molecular flexibility index (Phi) is 4.21. The minimum atomic E-state index is -0.316. The van der Waals surface area contributed by atoms with Gasteiger partial charge in [-0.25, -0.2) is 4.68 Å². The van der Waals surface area contributed by atoms with E-state index >= 15 is 0 Å². The summed E-state index contributed by atoms with van der Waals surface area (Å²) >= 11 is 1.44. The van der Waals surface area contributed by atoms with Crippen molar-refractivity contribution in [2.75, 3.05) is 13.2 Å². The Labute approximate surface area is 170 Å². The van der Waals surface area contributed by atoms with Crippen molar-refractivity contribution in [2.45, 2.75) is 6.92 Å². The monoisotopic (exact) mass is 406 g/mol. The number of thiazole rings is 1.